The van der Waals surface area contributed by atoms with Crippen molar-refractivity contribution in [2.75, 3.05) is 20.1 Å². The second-order valence-corrected chi connectivity index (χ2v) is 2.77. The Labute approximate surface area is 86.1 Å². The van der Waals surface area contributed by atoms with E-state index >= 15 is 0 Å². The molecule has 3 heteroatoms. The average molecular weight is 172 g/mol. The molecule has 1 atom stereocenters. The van der Waals surface area contributed by atoms with Gasteiger partial charge in [0, 0.05) is 0 Å². The van der Waals surface area contributed by atoms with E-state index in [-0.39, 0.29) is 35.5 Å². The number of nitrogens with zero attached hydrogens (tertiary/aromatic N) is 1. The number of hydrogen-bond donors (Lipinski definition) is 0. The molecule has 0 N–H and O–H groups in total. The van der Waals surface area contributed by atoms with E-state index in [2.05, 4.69) is 18.9 Å². The van der Waals surface area contributed by atoms with Crippen molar-refractivity contribution in [3.8, 4) is 0 Å². The normalized spacial score (nSPS) is 26.4. The van der Waals surface area contributed by atoms with Gasteiger partial charge in [-0.15, -0.1) is 0 Å². The van der Waals surface area contributed by atoms with Gasteiger partial charge in [-0.05, 0) is 26.6 Å². The molecular weight excluding hydrogens is 158 g/mol. The van der Waals surface area contributed by atoms with E-state index in [0.29, 0.717) is 5.92 Å². The van der Waals surface area contributed by atoms with E-state index < -0.39 is 0 Å². The van der Waals surface area contributed by atoms with Crippen LogP contribution >= 0.6 is 0 Å². The fourth-order valence-corrected chi connectivity index (χ4v) is 1.27. The molecule has 0 aliphatic carbocycles. The summed E-state index contributed by atoms with van der Waals surface area (Å²) in [6, 6.07) is 0. The summed E-state index contributed by atoms with van der Waals surface area (Å²) in [7, 11) is 2.16. The summed E-state index contributed by atoms with van der Waals surface area (Å²) in [5, 5.41) is 0. The fourth-order valence-electron chi connectivity index (χ4n) is 1.27. The first kappa shape index (κ1) is 13.6. The van der Waals surface area contributed by atoms with Crippen molar-refractivity contribution in [2.45, 2.75) is 12.8 Å². The maximum absolute atomic E-state index is 4.01. The largest absolute Gasteiger partial charge is 2.00 e. The standard InChI is InChI=1S/C7H14N.ClH.Mg/c1-7-4-3-5-8(2)6-7;;/h7H,1,3-6H2,2H3;1H;/q-1;;+2/p-1. The van der Waals surface area contributed by atoms with Crippen LogP contribution in [0.15, 0.2) is 0 Å². The Kier molecular flexibility index (Phi) is 9.12. The van der Waals surface area contributed by atoms with E-state index in [9.17, 15) is 0 Å². The maximum atomic E-state index is 4.01. The van der Waals surface area contributed by atoms with Crippen LogP contribution in [-0.2, 0) is 0 Å². The van der Waals surface area contributed by atoms with Crippen LogP contribution in [0.25, 0.3) is 0 Å². The zero-order valence-electron chi connectivity index (χ0n) is 6.65. The summed E-state index contributed by atoms with van der Waals surface area (Å²) in [4.78, 5) is 2.35. The molecule has 1 nitrogen and oxygen atoms in total. The zero-order chi connectivity index (χ0) is 5.98. The van der Waals surface area contributed by atoms with Crippen LogP contribution in [0.5, 0.6) is 0 Å². The number of hydrogen-bond acceptors (Lipinski definition) is 1. The minimum absolute atomic E-state index is 0. The molecule has 1 unspecified atom stereocenters. The molecule has 1 heterocycles. The summed E-state index contributed by atoms with van der Waals surface area (Å²) in [5.74, 6) is 0.689. The first-order valence-electron chi connectivity index (χ1n) is 3.30. The van der Waals surface area contributed by atoms with Gasteiger partial charge in [0.25, 0.3) is 0 Å². The molecule has 56 valence electrons. The van der Waals surface area contributed by atoms with Crippen LogP contribution in [0.3, 0.4) is 0 Å². The minimum Gasteiger partial charge on any atom is -1.00 e. The Morgan fingerprint density at radius 2 is 2.10 bits per heavy atom. The van der Waals surface area contributed by atoms with Gasteiger partial charge in [0.15, 0.2) is 0 Å². The molecule has 0 amide bonds. The molecule has 0 saturated carbocycles. The van der Waals surface area contributed by atoms with Crippen LogP contribution in [-0.4, -0.2) is 48.1 Å². The second kappa shape index (κ2) is 6.71. The van der Waals surface area contributed by atoms with E-state index in [1.165, 1.54) is 25.9 Å². The van der Waals surface area contributed by atoms with Gasteiger partial charge in [-0.1, -0.05) is 6.42 Å². The number of rotatable bonds is 0. The van der Waals surface area contributed by atoms with Gasteiger partial charge in [0.2, 0.25) is 0 Å². The molecule has 0 spiro atoms. The first-order chi connectivity index (χ1) is 3.79. The Hall–Kier alpha value is 1.02. The van der Waals surface area contributed by atoms with E-state index in [1.807, 2.05) is 0 Å². The third-order valence-electron chi connectivity index (χ3n) is 1.72. The summed E-state index contributed by atoms with van der Waals surface area (Å²) < 4.78 is 0. The van der Waals surface area contributed by atoms with Crippen molar-refractivity contribution >= 4 is 23.1 Å². The van der Waals surface area contributed by atoms with Crippen molar-refractivity contribution in [2.24, 2.45) is 5.92 Å². The number of halogens is 1. The van der Waals surface area contributed by atoms with Crippen LogP contribution in [0, 0.1) is 12.8 Å². The molecule has 0 aromatic rings. The number of piperidine rings is 1. The zero-order valence-corrected chi connectivity index (χ0v) is 8.82. The van der Waals surface area contributed by atoms with Crippen molar-refractivity contribution in [1.82, 2.24) is 4.90 Å². The molecule has 1 rings (SSSR count). The molecule has 1 aliphatic heterocycles. The molecule has 0 aromatic heterocycles. The molecule has 1 aliphatic rings. The van der Waals surface area contributed by atoms with E-state index in [1.54, 1.807) is 0 Å². The van der Waals surface area contributed by atoms with Gasteiger partial charge in [-0.3, -0.25) is 0 Å². The molecule has 0 bridgehead atoms. The first-order valence-corrected chi connectivity index (χ1v) is 3.30. The predicted molar refractivity (Wildman–Crippen MR) is 41.3 cm³/mol. The smallest absolute Gasteiger partial charge is 1.00 e. The van der Waals surface area contributed by atoms with E-state index in [0.717, 1.165) is 0 Å². The molecule has 0 aromatic carbocycles. The SMILES string of the molecule is [CH2-]C1CCCN(C)C1.[Cl-].[Mg+2]. The van der Waals surface area contributed by atoms with Crippen LogP contribution in [0.1, 0.15) is 12.8 Å². The molecule has 0 radical (unpaired) electrons. The molecule has 1 saturated heterocycles. The maximum Gasteiger partial charge on any atom is 2.00 e. The van der Waals surface area contributed by atoms with Gasteiger partial charge in [-0.25, -0.2) is 0 Å². The summed E-state index contributed by atoms with van der Waals surface area (Å²) in [6.07, 6.45) is 2.66. The Balaban J connectivity index is 0. The monoisotopic (exact) mass is 171 g/mol. The van der Waals surface area contributed by atoms with E-state index in [4.69, 9.17) is 0 Å². The van der Waals surface area contributed by atoms with Crippen molar-refractivity contribution in [3.05, 3.63) is 6.92 Å². The Bertz CT molecular complexity index is 72.0. The van der Waals surface area contributed by atoms with Crippen LogP contribution in [0.2, 0.25) is 0 Å². The third-order valence-corrected chi connectivity index (χ3v) is 1.72. The fraction of sp³-hybridized carbons (Fsp3) is 0.857. The van der Waals surface area contributed by atoms with Gasteiger partial charge >= 0.3 is 23.1 Å². The topological polar surface area (TPSA) is 3.24 Å². The van der Waals surface area contributed by atoms with Gasteiger partial charge in [-0.2, -0.15) is 5.92 Å². The Morgan fingerprint density at radius 1 is 1.50 bits per heavy atom. The minimum atomic E-state index is 0. The van der Waals surface area contributed by atoms with Crippen molar-refractivity contribution < 1.29 is 12.4 Å². The average Bonchev–Trinajstić information content (AvgIpc) is 1.64. The van der Waals surface area contributed by atoms with Crippen molar-refractivity contribution in [3.63, 3.8) is 0 Å². The molecule has 10 heavy (non-hydrogen) atoms. The van der Waals surface area contributed by atoms with Gasteiger partial charge < -0.3 is 24.2 Å². The summed E-state index contributed by atoms with van der Waals surface area (Å²) in [5.41, 5.74) is 0. The predicted octanol–water partition coefficient (Wildman–Crippen LogP) is -2.21. The Morgan fingerprint density at radius 3 is 2.40 bits per heavy atom. The molecule has 1 fully saturated rings. The molecular formula is C7H14ClMgN. The van der Waals surface area contributed by atoms with Crippen molar-refractivity contribution in [1.29, 1.82) is 0 Å². The number of likely N-dealkylation sites (tertiary alicyclic amines) is 1. The van der Waals surface area contributed by atoms with Crippen LogP contribution in [0.4, 0.5) is 0 Å². The quantitative estimate of drug-likeness (QED) is 0.295. The summed E-state index contributed by atoms with van der Waals surface area (Å²) >= 11 is 0. The summed E-state index contributed by atoms with van der Waals surface area (Å²) in [6.45, 7) is 6.47. The third kappa shape index (κ3) is 4.77. The van der Waals surface area contributed by atoms with Gasteiger partial charge in [0.05, 0.1) is 0 Å². The van der Waals surface area contributed by atoms with Gasteiger partial charge in [0.1, 0.15) is 0 Å². The second-order valence-electron chi connectivity index (χ2n) is 2.77. The van der Waals surface area contributed by atoms with Crippen LogP contribution < -0.4 is 12.4 Å².